The van der Waals surface area contributed by atoms with E-state index >= 15 is 0 Å². The normalized spacial score (nSPS) is 18.1. The van der Waals surface area contributed by atoms with E-state index in [0.717, 1.165) is 29.4 Å². The number of nitrogens with one attached hydrogen (secondary N) is 1. The van der Waals surface area contributed by atoms with Crippen LogP contribution in [0.5, 0.6) is 0 Å². The summed E-state index contributed by atoms with van der Waals surface area (Å²) in [7, 11) is 1.79. The predicted molar refractivity (Wildman–Crippen MR) is 79.4 cm³/mol. The van der Waals surface area contributed by atoms with Crippen molar-refractivity contribution in [2.24, 2.45) is 0 Å². The average molecular weight is 306 g/mol. The number of aromatic nitrogens is 3. The molecule has 1 fully saturated rings. The first kappa shape index (κ1) is 14.2. The van der Waals surface area contributed by atoms with Crippen molar-refractivity contribution in [2.75, 3.05) is 20.3 Å². The Hall–Kier alpha value is -1.73. The molecule has 0 aromatic carbocycles. The summed E-state index contributed by atoms with van der Waals surface area (Å²) in [6.45, 7) is 3.86. The number of nitrogens with zero attached hydrogens (tertiary/aromatic N) is 3. The van der Waals surface area contributed by atoms with Crippen molar-refractivity contribution in [3.05, 3.63) is 33.5 Å². The maximum absolute atomic E-state index is 12.6. The molecule has 112 valence electrons. The topological polar surface area (TPSA) is 71.1 Å². The second-order valence-corrected chi connectivity index (χ2v) is 6.34. The fraction of sp³-hybridized carbons (Fsp3) is 0.500. The number of carbonyl (C=O) groups is 1. The number of ether oxygens (including phenoxy) is 1. The molecule has 1 N–H and O–H groups in total. The number of amides is 1. The lowest BCUT2D eigenvalue weighted by Gasteiger charge is -2.17. The highest BCUT2D eigenvalue weighted by Crippen LogP contribution is 2.26. The second kappa shape index (κ2) is 5.95. The molecular weight excluding hydrogens is 288 g/mol. The smallest absolute Gasteiger partial charge is 0.257 e. The van der Waals surface area contributed by atoms with E-state index in [1.54, 1.807) is 29.5 Å². The molecule has 0 saturated carbocycles. The Morgan fingerprint density at radius 2 is 2.48 bits per heavy atom. The minimum atomic E-state index is -0.0312. The van der Waals surface area contributed by atoms with E-state index in [4.69, 9.17) is 4.74 Å². The van der Waals surface area contributed by atoms with Crippen LogP contribution in [-0.4, -0.2) is 46.2 Å². The second-order valence-electron chi connectivity index (χ2n) is 5.28. The molecular formula is C14H18N4O2S. The molecule has 3 heterocycles. The zero-order valence-electron chi connectivity index (χ0n) is 12.1. The van der Waals surface area contributed by atoms with Gasteiger partial charge in [-0.25, -0.2) is 4.98 Å². The quantitative estimate of drug-likeness (QED) is 0.937. The van der Waals surface area contributed by atoms with Gasteiger partial charge in [0.1, 0.15) is 0 Å². The number of hydrogen-bond donors (Lipinski definition) is 1. The molecule has 0 aliphatic carbocycles. The summed E-state index contributed by atoms with van der Waals surface area (Å²) in [6.07, 6.45) is 2.54. The third kappa shape index (κ3) is 2.98. The number of H-pyrrole nitrogens is 1. The van der Waals surface area contributed by atoms with Gasteiger partial charge in [0.05, 0.1) is 41.3 Å². The molecule has 0 bridgehead atoms. The first-order valence-electron chi connectivity index (χ1n) is 6.92. The summed E-state index contributed by atoms with van der Waals surface area (Å²) in [4.78, 5) is 18.7. The molecule has 2 aromatic heterocycles. The molecule has 0 unspecified atom stereocenters. The van der Waals surface area contributed by atoms with Crippen LogP contribution in [0.3, 0.4) is 0 Å². The first-order valence-corrected chi connectivity index (χ1v) is 7.80. The number of thiazole rings is 1. The van der Waals surface area contributed by atoms with Crippen molar-refractivity contribution in [2.45, 2.75) is 25.8 Å². The fourth-order valence-corrected chi connectivity index (χ4v) is 3.15. The van der Waals surface area contributed by atoms with Crippen molar-refractivity contribution in [3.8, 4) is 0 Å². The lowest BCUT2D eigenvalue weighted by molar-refractivity contribution is 0.0782. The largest absolute Gasteiger partial charge is 0.381 e. The van der Waals surface area contributed by atoms with Crippen LogP contribution in [-0.2, 0) is 11.3 Å². The van der Waals surface area contributed by atoms with Crippen molar-refractivity contribution in [3.63, 3.8) is 0 Å². The van der Waals surface area contributed by atoms with Gasteiger partial charge in [0, 0.05) is 25.0 Å². The Bertz CT molecular complexity index is 630. The minimum Gasteiger partial charge on any atom is -0.381 e. The maximum Gasteiger partial charge on any atom is 0.257 e. The molecule has 7 heteroatoms. The number of carbonyl (C=O) groups excluding carboxylic acids is 1. The Morgan fingerprint density at radius 1 is 1.62 bits per heavy atom. The zero-order valence-corrected chi connectivity index (χ0v) is 12.9. The zero-order chi connectivity index (χ0) is 14.8. The van der Waals surface area contributed by atoms with Gasteiger partial charge in [-0.1, -0.05) is 0 Å². The maximum atomic E-state index is 12.6. The van der Waals surface area contributed by atoms with Gasteiger partial charge >= 0.3 is 0 Å². The molecule has 1 saturated heterocycles. The van der Waals surface area contributed by atoms with E-state index in [2.05, 4.69) is 15.2 Å². The molecule has 6 nitrogen and oxygen atoms in total. The van der Waals surface area contributed by atoms with E-state index in [0.29, 0.717) is 18.7 Å². The summed E-state index contributed by atoms with van der Waals surface area (Å²) < 4.78 is 5.39. The molecule has 0 radical (unpaired) electrons. The summed E-state index contributed by atoms with van der Waals surface area (Å²) in [5.41, 5.74) is 2.45. The van der Waals surface area contributed by atoms with Gasteiger partial charge in [-0.2, -0.15) is 5.10 Å². The Balaban J connectivity index is 1.74. The average Bonchev–Trinajstić information content (AvgIpc) is 3.18. The molecule has 2 aromatic rings. The summed E-state index contributed by atoms with van der Waals surface area (Å²) in [6, 6.07) is 0. The van der Waals surface area contributed by atoms with Crippen molar-refractivity contribution in [1.29, 1.82) is 0 Å². The molecule has 0 spiro atoms. The van der Waals surface area contributed by atoms with Gasteiger partial charge in [-0.3, -0.25) is 9.89 Å². The number of aryl methyl sites for hydroxylation is 1. The van der Waals surface area contributed by atoms with Gasteiger partial charge in [0.2, 0.25) is 0 Å². The van der Waals surface area contributed by atoms with Gasteiger partial charge < -0.3 is 9.64 Å². The monoisotopic (exact) mass is 306 g/mol. The lowest BCUT2D eigenvalue weighted by atomic mass is 10.0. The van der Waals surface area contributed by atoms with Crippen molar-refractivity contribution >= 4 is 17.2 Å². The lowest BCUT2D eigenvalue weighted by Crippen LogP contribution is -2.27. The molecule has 3 rings (SSSR count). The van der Waals surface area contributed by atoms with Crippen LogP contribution in [0.25, 0.3) is 0 Å². The summed E-state index contributed by atoms with van der Waals surface area (Å²) in [5, 5.41) is 10.00. The Labute approximate surface area is 127 Å². The van der Waals surface area contributed by atoms with E-state index in [9.17, 15) is 4.79 Å². The molecule has 1 aliphatic rings. The molecule has 1 atom stereocenters. The standard InChI is InChI=1S/C14H18N4O2S/c1-9-16-11(8-21-9)6-18(2)14(19)12-5-15-17-13(12)10-3-4-20-7-10/h5,8,10H,3-4,6-7H2,1-2H3,(H,15,17)/t10-/m1/s1. The predicted octanol–water partition coefficient (Wildman–Crippen LogP) is 1.95. The summed E-state index contributed by atoms with van der Waals surface area (Å²) >= 11 is 1.60. The van der Waals surface area contributed by atoms with Crippen molar-refractivity contribution in [1.82, 2.24) is 20.1 Å². The Kier molecular flexibility index (Phi) is 4.03. The highest BCUT2D eigenvalue weighted by Gasteiger charge is 2.26. The van der Waals surface area contributed by atoms with Gasteiger partial charge in [-0.15, -0.1) is 11.3 Å². The van der Waals surface area contributed by atoms with Crippen LogP contribution in [0.4, 0.5) is 0 Å². The van der Waals surface area contributed by atoms with E-state index in [1.807, 2.05) is 12.3 Å². The van der Waals surface area contributed by atoms with E-state index < -0.39 is 0 Å². The van der Waals surface area contributed by atoms with Crippen LogP contribution < -0.4 is 0 Å². The number of hydrogen-bond acceptors (Lipinski definition) is 5. The van der Waals surface area contributed by atoms with Gasteiger partial charge in [0.15, 0.2) is 0 Å². The first-order chi connectivity index (χ1) is 10.1. The minimum absolute atomic E-state index is 0.0312. The van der Waals surface area contributed by atoms with E-state index in [-0.39, 0.29) is 11.8 Å². The van der Waals surface area contributed by atoms with Crippen LogP contribution in [0.1, 0.15) is 39.1 Å². The van der Waals surface area contributed by atoms with Crippen molar-refractivity contribution < 1.29 is 9.53 Å². The van der Waals surface area contributed by atoms with E-state index in [1.165, 1.54) is 0 Å². The highest BCUT2D eigenvalue weighted by atomic mass is 32.1. The fourth-order valence-electron chi connectivity index (χ4n) is 2.54. The molecule has 1 aliphatic heterocycles. The third-order valence-corrected chi connectivity index (χ3v) is 4.47. The van der Waals surface area contributed by atoms with Crippen LogP contribution in [0.2, 0.25) is 0 Å². The van der Waals surface area contributed by atoms with Crippen LogP contribution in [0, 0.1) is 6.92 Å². The molecule has 21 heavy (non-hydrogen) atoms. The number of rotatable bonds is 4. The van der Waals surface area contributed by atoms with Crippen LogP contribution in [0.15, 0.2) is 11.6 Å². The Morgan fingerprint density at radius 3 is 3.14 bits per heavy atom. The van der Waals surface area contributed by atoms with Gasteiger partial charge in [0.25, 0.3) is 5.91 Å². The summed E-state index contributed by atoms with van der Waals surface area (Å²) in [5.74, 6) is 0.206. The highest BCUT2D eigenvalue weighted by molar-refractivity contribution is 7.09. The third-order valence-electron chi connectivity index (χ3n) is 3.65. The van der Waals surface area contributed by atoms with Gasteiger partial charge in [-0.05, 0) is 13.3 Å². The molecule has 1 amide bonds. The SMILES string of the molecule is Cc1nc(CN(C)C(=O)c2cn[nH]c2[C@@H]2CCOC2)cs1. The van der Waals surface area contributed by atoms with Crippen LogP contribution >= 0.6 is 11.3 Å². The number of aromatic amines is 1.